The molecule has 3 heteroatoms. The van der Waals surface area contributed by atoms with Crippen LogP contribution in [-0.4, -0.2) is 0 Å². The van der Waals surface area contributed by atoms with Gasteiger partial charge in [0.15, 0.2) is 0 Å². The number of rotatable bonds is 1. The maximum Gasteiger partial charge on any atom is 0.272 e. The summed E-state index contributed by atoms with van der Waals surface area (Å²) in [6.07, 6.45) is -2.30. The van der Waals surface area contributed by atoms with Crippen LogP contribution in [0.15, 0.2) is 12.1 Å². The van der Waals surface area contributed by atoms with E-state index in [1.54, 1.807) is 6.07 Å². The van der Waals surface area contributed by atoms with E-state index < -0.39 is 6.43 Å². The molecule has 1 aromatic rings. The highest BCUT2D eigenvalue weighted by Gasteiger charge is 2.07. The molecule has 0 aliphatic rings. The second kappa shape index (κ2) is 2.43. The first kappa shape index (κ1) is 6.68. The summed E-state index contributed by atoms with van der Waals surface area (Å²) >= 11 is 1.15. The number of thiophene rings is 1. The fourth-order valence-corrected chi connectivity index (χ4v) is 1.30. The molecule has 0 spiro atoms. The van der Waals surface area contributed by atoms with Gasteiger partial charge in [0.2, 0.25) is 0 Å². The van der Waals surface area contributed by atoms with Gasteiger partial charge in [-0.3, -0.25) is 0 Å². The molecule has 0 aromatic carbocycles. The van der Waals surface area contributed by atoms with Gasteiger partial charge < -0.3 is 0 Å². The zero-order valence-corrected chi connectivity index (χ0v) is 5.71. The molecular formula is C6H6F2S. The monoisotopic (exact) mass is 148 g/mol. The minimum atomic E-state index is -2.30. The molecule has 0 radical (unpaired) electrons. The third kappa shape index (κ3) is 1.48. The van der Waals surface area contributed by atoms with E-state index in [2.05, 4.69) is 0 Å². The molecule has 0 N–H and O–H groups in total. The molecule has 0 atom stereocenters. The molecule has 0 saturated heterocycles. The first-order chi connectivity index (χ1) is 4.20. The van der Waals surface area contributed by atoms with Crippen LogP contribution < -0.4 is 0 Å². The fraction of sp³-hybridized carbons (Fsp3) is 0.333. The predicted octanol–water partition coefficient (Wildman–Crippen LogP) is 2.99. The molecule has 0 unspecified atom stereocenters. The standard InChI is InChI=1S/C6H6F2S/c1-4-2-3-5(9-4)6(7)8/h2-3,6H,1H3. The predicted molar refractivity (Wildman–Crippen MR) is 34.0 cm³/mol. The molecule has 1 aromatic heterocycles. The SMILES string of the molecule is Cc1ccc(C(F)F)s1. The molecule has 9 heavy (non-hydrogen) atoms. The lowest BCUT2D eigenvalue weighted by Gasteiger charge is -1.88. The van der Waals surface area contributed by atoms with E-state index in [-0.39, 0.29) is 4.88 Å². The van der Waals surface area contributed by atoms with Gasteiger partial charge in [0.1, 0.15) is 0 Å². The highest BCUT2D eigenvalue weighted by molar-refractivity contribution is 7.11. The smallest absolute Gasteiger partial charge is 0.204 e. The van der Waals surface area contributed by atoms with Crippen molar-refractivity contribution in [1.82, 2.24) is 0 Å². The van der Waals surface area contributed by atoms with Gasteiger partial charge in [0, 0.05) is 4.88 Å². The first-order valence-corrected chi connectivity index (χ1v) is 3.36. The fourth-order valence-electron chi connectivity index (χ4n) is 0.571. The molecule has 0 fully saturated rings. The summed E-state index contributed by atoms with van der Waals surface area (Å²) in [7, 11) is 0. The molecule has 0 bridgehead atoms. The average molecular weight is 148 g/mol. The van der Waals surface area contributed by atoms with E-state index in [0.717, 1.165) is 16.2 Å². The molecule has 0 nitrogen and oxygen atoms in total. The van der Waals surface area contributed by atoms with Gasteiger partial charge in [0.25, 0.3) is 6.43 Å². The van der Waals surface area contributed by atoms with Crippen LogP contribution >= 0.6 is 11.3 Å². The van der Waals surface area contributed by atoms with Crippen LogP contribution in [0.2, 0.25) is 0 Å². The zero-order chi connectivity index (χ0) is 6.85. The van der Waals surface area contributed by atoms with Gasteiger partial charge >= 0.3 is 0 Å². The summed E-state index contributed by atoms with van der Waals surface area (Å²) in [6, 6.07) is 3.16. The van der Waals surface area contributed by atoms with Crippen LogP contribution in [-0.2, 0) is 0 Å². The Labute approximate surface area is 56.1 Å². The van der Waals surface area contributed by atoms with E-state index >= 15 is 0 Å². The summed E-state index contributed by atoms with van der Waals surface area (Å²) in [6.45, 7) is 1.82. The van der Waals surface area contributed by atoms with Crippen molar-refractivity contribution in [3.8, 4) is 0 Å². The van der Waals surface area contributed by atoms with E-state index in [0.29, 0.717) is 0 Å². The molecule has 50 valence electrons. The highest BCUT2D eigenvalue weighted by atomic mass is 32.1. The van der Waals surface area contributed by atoms with Gasteiger partial charge in [-0.25, -0.2) is 8.78 Å². The summed E-state index contributed by atoms with van der Waals surface area (Å²) in [5, 5.41) is 0. The van der Waals surface area contributed by atoms with Crippen LogP contribution in [0.3, 0.4) is 0 Å². The Kier molecular flexibility index (Phi) is 1.81. The molecule has 0 aliphatic carbocycles. The number of hydrogen-bond acceptors (Lipinski definition) is 1. The number of hydrogen-bond donors (Lipinski definition) is 0. The zero-order valence-electron chi connectivity index (χ0n) is 4.90. The summed E-state index contributed by atoms with van der Waals surface area (Å²) in [4.78, 5) is 1.10. The molecular weight excluding hydrogens is 142 g/mol. The van der Waals surface area contributed by atoms with Crippen LogP contribution in [0.25, 0.3) is 0 Å². The van der Waals surface area contributed by atoms with Crippen molar-refractivity contribution < 1.29 is 8.78 Å². The summed E-state index contributed by atoms with van der Waals surface area (Å²) in [5.74, 6) is 0. The van der Waals surface area contributed by atoms with E-state index in [9.17, 15) is 8.78 Å². The average Bonchev–Trinajstić information content (AvgIpc) is 2.14. The normalized spacial score (nSPS) is 10.7. The second-order valence-electron chi connectivity index (χ2n) is 1.75. The van der Waals surface area contributed by atoms with E-state index in [4.69, 9.17) is 0 Å². The lowest BCUT2D eigenvalue weighted by molar-refractivity contribution is 0.155. The molecule has 0 saturated carbocycles. The Morgan fingerprint density at radius 3 is 2.33 bits per heavy atom. The largest absolute Gasteiger partial charge is 0.272 e. The number of halogens is 2. The number of aryl methyl sites for hydroxylation is 1. The van der Waals surface area contributed by atoms with Crippen molar-refractivity contribution in [2.75, 3.05) is 0 Å². The van der Waals surface area contributed by atoms with Gasteiger partial charge in [-0.1, -0.05) is 0 Å². The minimum absolute atomic E-state index is 0.160. The Morgan fingerprint density at radius 2 is 2.11 bits per heavy atom. The van der Waals surface area contributed by atoms with Crippen molar-refractivity contribution in [3.63, 3.8) is 0 Å². The Hall–Kier alpha value is -0.440. The molecule has 0 aliphatic heterocycles. The lowest BCUT2D eigenvalue weighted by atomic mass is 10.4. The van der Waals surface area contributed by atoms with E-state index in [1.165, 1.54) is 6.07 Å². The minimum Gasteiger partial charge on any atom is -0.204 e. The molecule has 1 rings (SSSR count). The Balaban J connectivity index is 2.85. The van der Waals surface area contributed by atoms with Crippen molar-refractivity contribution in [3.05, 3.63) is 21.9 Å². The van der Waals surface area contributed by atoms with Crippen LogP contribution in [0.1, 0.15) is 16.2 Å². The first-order valence-electron chi connectivity index (χ1n) is 2.54. The molecule has 0 amide bonds. The van der Waals surface area contributed by atoms with Gasteiger partial charge in [-0.15, -0.1) is 11.3 Å². The Morgan fingerprint density at radius 1 is 1.44 bits per heavy atom. The van der Waals surface area contributed by atoms with Gasteiger partial charge in [-0.05, 0) is 19.1 Å². The second-order valence-corrected chi connectivity index (χ2v) is 3.07. The van der Waals surface area contributed by atoms with Crippen LogP contribution in [0.5, 0.6) is 0 Å². The van der Waals surface area contributed by atoms with Crippen molar-refractivity contribution >= 4 is 11.3 Å². The maximum absolute atomic E-state index is 11.8. The maximum atomic E-state index is 11.8. The topological polar surface area (TPSA) is 0 Å². The van der Waals surface area contributed by atoms with Crippen molar-refractivity contribution in [2.45, 2.75) is 13.3 Å². The molecule has 1 heterocycles. The Bertz CT molecular complexity index is 193. The van der Waals surface area contributed by atoms with Gasteiger partial charge in [-0.2, -0.15) is 0 Å². The van der Waals surface area contributed by atoms with Crippen molar-refractivity contribution in [2.24, 2.45) is 0 Å². The lowest BCUT2D eigenvalue weighted by Crippen LogP contribution is -1.71. The van der Waals surface area contributed by atoms with E-state index in [1.807, 2.05) is 6.92 Å². The number of alkyl halides is 2. The third-order valence-electron chi connectivity index (χ3n) is 0.976. The third-order valence-corrected chi connectivity index (χ3v) is 1.98. The van der Waals surface area contributed by atoms with Crippen molar-refractivity contribution in [1.29, 1.82) is 0 Å². The van der Waals surface area contributed by atoms with Crippen LogP contribution in [0.4, 0.5) is 8.78 Å². The highest BCUT2D eigenvalue weighted by Crippen LogP contribution is 2.25. The van der Waals surface area contributed by atoms with Gasteiger partial charge in [0.05, 0.1) is 4.88 Å². The summed E-state index contributed by atoms with van der Waals surface area (Å²) < 4.78 is 23.6. The van der Waals surface area contributed by atoms with Crippen LogP contribution in [0, 0.1) is 6.92 Å². The summed E-state index contributed by atoms with van der Waals surface area (Å²) in [5.41, 5.74) is 0. The quantitative estimate of drug-likeness (QED) is 0.574.